The van der Waals surface area contributed by atoms with Gasteiger partial charge in [0, 0.05) is 11.6 Å². The lowest BCUT2D eigenvalue weighted by molar-refractivity contribution is -0.142. The normalized spacial score (nSPS) is 20.5. The van der Waals surface area contributed by atoms with Crippen LogP contribution in [0.4, 0.5) is 5.82 Å². The molecule has 1 aromatic carbocycles. The zero-order valence-electron chi connectivity index (χ0n) is 13.7. The lowest BCUT2D eigenvalue weighted by Gasteiger charge is -2.27. The van der Waals surface area contributed by atoms with E-state index in [1.807, 2.05) is 42.5 Å². The second-order valence-corrected chi connectivity index (χ2v) is 6.41. The van der Waals surface area contributed by atoms with Crippen LogP contribution < -0.4 is 5.32 Å². The summed E-state index contributed by atoms with van der Waals surface area (Å²) >= 11 is 0. The Balaban J connectivity index is 1.54. The van der Waals surface area contributed by atoms with E-state index in [4.69, 9.17) is 5.11 Å². The molecule has 0 unspecified atom stereocenters. The number of nitrogens with one attached hydrogen (secondary N) is 1. The van der Waals surface area contributed by atoms with Crippen LogP contribution in [0.25, 0.3) is 17.0 Å². The number of hydrogen-bond acceptors (Lipinski definition) is 5. The summed E-state index contributed by atoms with van der Waals surface area (Å²) in [6.45, 7) is 0. The van der Waals surface area contributed by atoms with Crippen LogP contribution in [0.3, 0.4) is 0 Å². The third-order valence-corrected chi connectivity index (χ3v) is 4.72. The molecule has 2 N–H and O–H groups in total. The van der Waals surface area contributed by atoms with E-state index < -0.39 is 5.97 Å². The minimum Gasteiger partial charge on any atom is -0.481 e. The molecule has 128 valence electrons. The number of aliphatic carboxylic acids is 1. The summed E-state index contributed by atoms with van der Waals surface area (Å²) < 4.78 is 1.74. The molecule has 1 aliphatic rings. The Hall–Kier alpha value is -2.96. The number of nitrogens with zero attached hydrogens (tertiary/aromatic N) is 4. The molecule has 0 atom stereocenters. The van der Waals surface area contributed by atoms with E-state index in [9.17, 15) is 4.79 Å². The molecule has 25 heavy (non-hydrogen) atoms. The molecule has 4 rings (SSSR count). The van der Waals surface area contributed by atoms with Crippen molar-refractivity contribution < 1.29 is 9.90 Å². The van der Waals surface area contributed by atoms with E-state index in [0.717, 1.165) is 24.2 Å². The second kappa shape index (κ2) is 6.51. The van der Waals surface area contributed by atoms with Gasteiger partial charge in [0.15, 0.2) is 11.5 Å². The number of benzene rings is 1. The van der Waals surface area contributed by atoms with E-state index in [0.29, 0.717) is 24.3 Å². The second-order valence-electron chi connectivity index (χ2n) is 6.41. The Morgan fingerprint density at radius 2 is 1.80 bits per heavy atom. The van der Waals surface area contributed by atoms with Crippen LogP contribution in [0.1, 0.15) is 25.7 Å². The fourth-order valence-corrected chi connectivity index (χ4v) is 3.33. The van der Waals surface area contributed by atoms with Gasteiger partial charge in [-0.05, 0) is 37.8 Å². The Morgan fingerprint density at radius 3 is 2.52 bits per heavy atom. The minimum atomic E-state index is -0.685. The van der Waals surface area contributed by atoms with Crippen LogP contribution in [-0.2, 0) is 4.79 Å². The first-order valence-corrected chi connectivity index (χ1v) is 8.48. The Bertz CT molecular complexity index is 885. The minimum absolute atomic E-state index is 0.212. The van der Waals surface area contributed by atoms with Crippen molar-refractivity contribution in [2.75, 3.05) is 5.32 Å². The first-order valence-electron chi connectivity index (χ1n) is 8.48. The average Bonchev–Trinajstić information content (AvgIpc) is 3.06. The van der Waals surface area contributed by atoms with E-state index in [-0.39, 0.29) is 12.0 Å². The van der Waals surface area contributed by atoms with E-state index >= 15 is 0 Å². The SMILES string of the molecule is O=C(O)C1CCC(Nc2ccc3nnc(-c4ccccc4)n3n2)CC1. The van der Waals surface area contributed by atoms with Crippen molar-refractivity contribution in [2.45, 2.75) is 31.7 Å². The molecular formula is C18H19N5O2. The average molecular weight is 337 g/mol. The summed E-state index contributed by atoms with van der Waals surface area (Å²) in [6.07, 6.45) is 3.09. The smallest absolute Gasteiger partial charge is 0.306 e. The zero-order valence-corrected chi connectivity index (χ0v) is 13.7. The number of rotatable bonds is 4. The third-order valence-electron chi connectivity index (χ3n) is 4.72. The Labute approximate surface area is 144 Å². The van der Waals surface area contributed by atoms with Gasteiger partial charge in [-0.25, -0.2) is 0 Å². The molecule has 0 spiro atoms. The first kappa shape index (κ1) is 15.6. The summed E-state index contributed by atoms with van der Waals surface area (Å²) in [5.41, 5.74) is 1.65. The van der Waals surface area contributed by atoms with Gasteiger partial charge in [-0.2, -0.15) is 4.52 Å². The quantitative estimate of drug-likeness (QED) is 0.760. The molecule has 0 saturated heterocycles. The number of aromatic nitrogens is 4. The van der Waals surface area contributed by atoms with E-state index in [1.165, 1.54) is 0 Å². The molecule has 3 aromatic rings. The standard InChI is InChI=1S/C18H19N5O2/c24-18(25)13-6-8-14(9-7-13)19-15-10-11-16-20-21-17(23(16)22-15)12-4-2-1-3-5-12/h1-5,10-11,13-14H,6-9H2,(H,19,22)(H,24,25). The highest BCUT2D eigenvalue weighted by Gasteiger charge is 2.26. The maximum Gasteiger partial charge on any atom is 0.306 e. The van der Waals surface area contributed by atoms with Gasteiger partial charge in [0.05, 0.1) is 5.92 Å². The van der Waals surface area contributed by atoms with Gasteiger partial charge in [0.1, 0.15) is 5.82 Å². The maximum absolute atomic E-state index is 11.1. The number of carbonyl (C=O) groups is 1. The van der Waals surface area contributed by atoms with E-state index in [1.54, 1.807) is 4.52 Å². The molecule has 2 heterocycles. The summed E-state index contributed by atoms with van der Waals surface area (Å²) in [5.74, 6) is 0.558. The zero-order chi connectivity index (χ0) is 17.2. The van der Waals surface area contributed by atoms with Crippen LogP contribution in [0.15, 0.2) is 42.5 Å². The van der Waals surface area contributed by atoms with Crippen LogP contribution in [0, 0.1) is 5.92 Å². The van der Waals surface area contributed by atoms with Crippen molar-refractivity contribution in [3.8, 4) is 11.4 Å². The summed E-state index contributed by atoms with van der Waals surface area (Å²) in [4.78, 5) is 11.1. The predicted molar refractivity (Wildman–Crippen MR) is 93.2 cm³/mol. The van der Waals surface area contributed by atoms with Crippen LogP contribution in [0.5, 0.6) is 0 Å². The van der Waals surface area contributed by atoms with Gasteiger partial charge in [0.2, 0.25) is 0 Å². The van der Waals surface area contributed by atoms with Gasteiger partial charge in [-0.15, -0.1) is 15.3 Å². The van der Waals surface area contributed by atoms with Crippen LogP contribution in [0.2, 0.25) is 0 Å². The highest BCUT2D eigenvalue weighted by molar-refractivity contribution is 5.70. The van der Waals surface area contributed by atoms with Crippen LogP contribution >= 0.6 is 0 Å². The molecule has 0 aliphatic heterocycles. The summed E-state index contributed by atoms with van der Waals surface area (Å²) in [5, 5.41) is 25.6. The maximum atomic E-state index is 11.1. The number of hydrogen-bond donors (Lipinski definition) is 2. The molecule has 0 bridgehead atoms. The molecule has 7 nitrogen and oxygen atoms in total. The molecule has 1 fully saturated rings. The van der Waals surface area contributed by atoms with Gasteiger partial charge in [-0.1, -0.05) is 30.3 Å². The number of carboxylic acid groups (broad SMARTS) is 1. The fraction of sp³-hybridized carbons (Fsp3) is 0.333. The topological polar surface area (TPSA) is 92.4 Å². The third kappa shape index (κ3) is 3.17. The first-order chi connectivity index (χ1) is 12.2. The fourth-order valence-electron chi connectivity index (χ4n) is 3.33. The van der Waals surface area contributed by atoms with Crippen LogP contribution in [-0.4, -0.2) is 36.9 Å². The predicted octanol–water partition coefficient (Wildman–Crippen LogP) is 2.85. The molecule has 1 saturated carbocycles. The van der Waals surface area contributed by atoms with Gasteiger partial charge in [-0.3, -0.25) is 4.79 Å². The van der Waals surface area contributed by atoms with Crippen molar-refractivity contribution in [3.05, 3.63) is 42.5 Å². The summed E-state index contributed by atoms with van der Waals surface area (Å²) in [7, 11) is 0. The number of fused-ring (bicyclic) bond motifs is 1. The van der Waals surface area contributed by atoms with Gasteiger partial charge < -0.3 is 10.4 Å². The Kier molecular flexibility index (Phi) is 4.05. The molecule has 2 aromatic heterocycles. The number of carboxylic acids is 1. The molecule has 0 radical (unpaired) electrons. The highest BCUT2D eigenvalue weighted by Crippen LogP contribution is 2.26. The molecular weight excluding hydrogens is 318 g/mol. The van der Waals surface area contributed by atoms with Crippen molar-refractivity contribution in [1.29, 1.82) is 0 Å². The number of anilines is 1. The van der Waals surface area contributed by atoms with Gasteiger partial charge in [0.25, 0.3) is 0 Å². The molecule has 0 amide bonds. The largest absolute Gasteiger partial charge is 0.481 e. The lowest BCUT2D eigenvalue weighted by Crippen LogP contribution is -2.29. The Morgan fingerprint density at radius 1 is 1.04 bits per heavy atom. The highest BCUT2D eigenvalue weighted by atomic mass is 16.4. The van der Waals surface area contributed by atoms with E-state index in [2.05, 4.69) is 20.6 Å². The monoisotopic (exact) mass is 337 g/mol. The van der Waals surface area contributed by atoms with Crippen molar-refractivity contribution in [3.63, 3.8) is 0 Å². The summed E-state index contributed by atoms with van der Waals surface area (Å²) in [6, 6.07) is 13.9. The van der Waals surface area contributed by atoms with Crippen molar-refractivity contribution in [1.82, 2.24) is 19.8 Å². The molecule has 7 heteroatoms. The molecule has 1 aliphatic carbocycles. The lowest BCUT2D eigenvalue weighted by atomic mass is 9.86. The van der Waals surface area contributed by atoms with Crippen molar-refractivity contribution >= 4 is 17.4 Å². The van der Waals surface area contributed by atoms with Gasteiger partial charge >= 0.3 is 5.97 Å². The van der Waals surface area contributed by atoms with Crippen molar-refractivity contribution in [2.24, 2.45) is 5.92 Å².